The fourth-order valence-electron chi connectivity index (χ4n) is 2.16. The molecule has 3 rings (SSSR count). The molecule has 3 aromatic rings. The fourth-order valence-corrected chi connectivity index (χ4v) is 2.16. The van der Waals surface area contributed by atoms with Gasteiger partial charge >= 0.3 is 5.97 Å². The molecular weight excluding hydrogens is 282 g/mol. The molecule has 0 unspecified atom stereocenters. The van der Waals surface area contributed by atoms with E-state index in [2.05, 4.69) is 11.9 Å². The molecule has 0 saturated heterocycles. The molecule has 0 aliphatic carbocycles. The molecule has 112 valence electrons. The van der Waals surface area contributed by atoms with Crippen molar-refractivity contribution in [2.24, 2.45) is 0 Å². The Morgan fingerprint density at radius 1 is 1.23 bits per heavy atom. The average Bonchev–Trinajstić information content (AvgIpc) is 2.96. The van der Waals surface area contributed by atoms with Crippen LogP contribution in [0.5, 0.6) is 5.75 Å². The van der Waals surface area contributed by atoms with Gasteiger partial charge in [0.05, 0.1) is 0 Å². The summed E-state index contributed by atoms with van der Waals surface area (Å²) in [5.41, 5.74) is 3.61. The Bertz CT molecular complexity index is 805. The number of rotatable bonds is 5. The normalized spacial score (nSPS) is 10.8. The van der Waals surface area contributed by atoms with Gasteiger partial charge in [-0.2, -0.15) is 0 Å². The largest absolute Gasteiger partial charge is 0.482 e. The summed E-state index contributed by atoms with van der Waals surface area (Å²) in [4.78, 5) is 15.0. The van der Waals surface area contributed by atoms with Gasteiger partial charge in [0, 0.05) is 5.56 Å². The first-order chi connectivity index (χ1) is 10.7. The standard InChI is InChI=1S/C17H15NO4/c1-2-11-3-8-15-14(9-11)18-17(22-15)12-4-6-13(7-5-12)21-10-16(19)20/h3-9H,2,10H2,1H3,(H,19,20). The summed E-state index contributed by atoms with van der Waals surface area (Å²) in [5.74, 6) is 0.0262. The number of oxazole rings is 1. The number of carbonyl (C=O) groups is 1. The minimum Gasteiger partial charge on any atom is -0.482 e. The van der Waals surface area contributed by atoms with E-state index >= 15 is 0 Å². The van der Waals surface area contributed by atoms with Crippen molar-refractivity contribution in [1.82, 2.24) is 4.98 Å². The molecule has 0 fully saturated rings. The zero-order chi connectivity index (χ0) is 15.5. The molecule has 0 saturated carbocycles. The molecule has 0 spiro atoms. The van der Waals surface area contributed by atoms with Gasteiger partial charge in [0.2, 0.25) is 5.89 Å². The Morgan fingerprint density at radius 3 is 2.68 bits per heavy atom. The summed E-state index contributed by atoms with van der Waals surface area (Å²) >= 11 is 0. The van der Waals surface area contributed by atoms with E-state index < -0.39 is 5.97 Å². The van der Waals surface area contributed by atoms with Gasteiger partial charge in [-0.05, 0) is 48.4 Å². The first kappa shape index (κ1) is 14.1. The van der Waals surface area contributed by atoms with Crippen LogP contribution in [0.1, 0.15) is 12.5 Å². The van der Waals surface area contributed by atoms with Crippen molar-refractivity contribution in [3.8, 4) is 17.2 Å². The van der Waals surface area contributed by atoms with E-state index in [0.717, 1.165) is 23.1 Å². The van der Waals surface area contributed by atoms with Gasteiger partial charge < -0.3 is 14.3 Å². The van der Waals surface area contributed by atoms with Crippen LogP contribution in [-0.4, -0.2) is 22.7 Å². The predicted octanol–water partition coefficient (Wildman–Crippen LogP) is 3.52. The van der Waals surface area contributed by atoms with E-state index in [1.54, 1.807) is 24.3 Å². The van der Waals surface area contributed by atoms with Crippen LogP contribution in [0, 0.1) is 0 Å². The Hall–Kier alpha value is -2.82. The zero-order valence-electron chi connectivity index (χ0n) is 12.1. The third kappa shape index (κ3) is 2.93. The lowest BCUT2D eigenvalue weighted by atomic mass is 10.1. The van der Waals surface area contributed by atoms with Crippen LogP contribution >= 0.6 is 0 Å². The minimum atomic E-state index is -1.00. The van der Waals surface area contributed by atoms with Gasteiger partial charge in [-0.15, -0.1) is 0 Å². The lowest BCUT2D eigenvalue weighted by Crippen LogP contribution is -2.09. The Balaban J connectivity index is 1.85. The second-order valence-electron chi connectivity index (χ2n) is 4.88. The summed E-state index contributed by atoms with van der Waals surface area (Å²) in [6.07, 6.45) is 0.952. The summed E-state index contributed by atoms with van der Waals surface area (Å²) in [5, 5.41) is 8.58. The lowest BCUT2D eigenvalue weighted by Gasteiger charge is -2.02. The highest BCUT2D eigenvalue weighted by molar-refractivity contribution is 5.77. The molecule has 1 N–H and O–H groups in total. The van der Waals surface area contributed by atoms with Crippen LogP contribution in [0.25, 0.3) is 22.6 Å². The van der Waals surface area contributed by atoms with Crippen LogP contribution in [0.2, 0.25) is 0 Å². The highest BCUT2D eigenvalue weighted by Gasteiger charge is 2.09. The van der Waals surface area contributed by atoms with Gasteiger partial charge in [-0.1, -0.05) is 13.0 Å². The second-order valence-corrected chi connectivity index (χ2v) is 4.88. The lowest BCUT2D eigenvalue weighted by molar-refractivity contribution is -0.139. The molecule has 5 heteroatoms. The molecule has 5 nitrogen and oxygen atoms in total. The second kappa shape index (κ2) is 5.89. The molecule has 0 aliphatic heterocycles. The maximum Gasteiger partial charge on any atom is 0.341 e. The maximum atomic E-state index is 10.5. The van der Waals surface area contributed by atoms with E-state index in [9.17, 15) is 4.79 Å². The Morgan fingerprint density at radius 2 is 2.00 bits per heavy atom. The number of carboxylic acid groups (broad SMARTS) is 1. The number of benzene rings is 2. The molecule has 0 bridgehead atoms. The number of hydrogen-bond acceptors (Lipinski definition) is 4. The van der Waals surface area contributed by atoms with Crippen molar-refractivity contribution in [1.29, 1.82) is 0 Å². The average molecular weight is 297 g/mol. The molecule has 0 amide bonds. The van der Waals surface area contributed by atoms with Crippen LogP contribution in [0.4, 0.5) is 0 Å². The number of ether oxygens (including phenoxy) is 1. The molecule has 0 aliphatic rings. The van der Waals surface area contributed by atoms with Crippen molar-refractivity contribution in [3.63, 3.8) is 0 Å². The fraction of sp³-hybridized carbons (Fsp3) is 0.176. The van der Waals surface area contributed by atoms with Crippen molar-refractivity contribution in [3.05, 3.63) is 48.0 Å². The first-order valence-corrected chi connectivity index (χ1v) is 7.00. The van der Waals surface area contributed by atoms with E-state index in [4.69, 9.17) is 14.3 Å². The SMILES string of the molecule is CCc1ccc2oc(-c3ccc(OCC(=O)O)cc3)nc2c1. The van der Waals surface area contributed by atoms with Crippen LogP contribution in [-0.2, 0) is 11.2 Å². The highest BCUT2D eigenvalue weighted by atomic mass is 16.5. The van der Waals surface area contributed by atoms with Crippen molar-refractivity contribution in [2.45, 2.75) is 13.3 Å². The molecule has 2 aromatic carbocycles. The van der Waals surface area contributed by atoms with E-state index in [1.807, 2.05) is 18.2 Å². The minimum absolute atomic E-state index is 0.359. The van der Waals surface area contributed by atoms with Gasteiger partial charge in [0.15, 0.2) is 12.2 Å². The third-order valence-electron chi connectivity index (χ3n) is 3.32. The number of aliphatic carboxylic acids is 1. The number of aryl methyl sites for hydroxylation is 1. The zero-order valence-corrected chi connectivity index (χ0v) is 12.1. The quantitative estimate of drug-likeness (QED) is 0.780. The van der Waals surface area contributed by atoms with Crippen LogP contribution in [0.3, 0.4) is 0 Å². The van der Waals surface area contributed by atoms with Crippen molar-refractivity contribution >= 4 is 17.1 Å². The molecule has 0 radical (unpaired) electrons. The monoisotopic (exact) mass is 297 g/mol. The number of nitrogens with zero attached hydrogens (tertiary/aromatic N) is 1. The van der Waals surface area contributed by atoms with Gasteiger partial charge in [-0.25, -0.2) is 9.78 Å². The highest BCUT2D eigenvalue weighted by Crippen LogP contribution is 2.26. The maximum absolute atomic E-state index is 10.5. The smallest absolute Gasteiger partial charge is 0.341 e. The number of aromatic nitrogens is 1. The summed E-state index contributed by atoms with van der Waals surface area (Å²) in [6, 6.07) is 13.0. The topological polar surface area (TPSA) is 72.6 Å². The van der Waals surface area contributed by atoms with Gasteiger partial charge in [0.25, 0.3) is 0 Å². The van der Waals surface area contributed by atoms with Crippen LogP contribution in [0.15, 0.2) is 46.9 Å². The van der Waals surface area contributed by atoms with Crippen LogP contribution < -0.4 is 4.74 Å². The van der Waals surface area contributed by atoms with E-state index in [0.29, 0.717) is 11.6 Å². The Kier molecular flexibility index (Phi) is 3.78. The number of fused-ring (bicyclic) bond motifs is 1. The molecule has 1 aromatic heterocycles. The van der Waals surface area contributed by atoms with Gasteiger partial charge in [0.1, 0.15) is 11.3 Å². The Labute approximate surface area is 127 Å². The first-order valence-electron chi connectivity index (χ1n) is 7.00. The van der Waals surface area contributed by atoms with E-state index in [1.165, 1.54) is 5.56 Å². The molecule has 22 heavy (non-hydrogen) atoms. The van der Waals surface area contributed by atoms with Crippen molar-refractivity contribution in [2.75, 3.05) is 6.61 Å². The predicted molar refractivity (Wildman–Crippen MR) is 82.0 cm³/mol. The number of hydrogen-bond donors (Lipinski definition) is 1. The van der Waals surface area contributed by atoms with Gasteiger partial charge in [-0.3, -0.25) is 0 Å². The summed E-state index contributed by atoms with van der Waals surface area (Å²) < 4.78 is 10.8. The summed E-state index contributed by atoms with van der Waals surface area (Å²) in [6.45, 7) is 1.74. The molecule has 0 atom stereocenters. The molecular formula is C17H15NO4. The van der Waals surface area contributed by atoms with Crippen molar-refractivity contribution < 1.29 is 19.1 Å². The number of carboxylic acids is 1. The summed E-state index contributed by atoms with van der Waals surface area (Å²) in [7, 11) is 0. The molecule has 1 heterocycles. The van der Waals surface area contributed by atoms with E-state index in [-0.39, 0.29) is 6.61 Å². The third-order valence-corrected chi connectivity index (χ3v) is 3.32.